The van der Waals surface area contributed by atoms with Crippen LogP contribution in [0.4, 0.5) is 0 Å². The number of nitrogens with zero attached hydrogens (tertiary/aromatic N) is 2. The number of hydrogen-bond donors (Lipinski definition) is 0. The summed E-state index contributed by atoms with van der Waals surface area (Å²) >= 11 is 3.79. The summed E-state index contributed by atoms with van der Waals surface area (Å²) in [5, 5.41) is 4.91. The van der Waals surface area contributed by atoms with Gasteiger partial charge in [-0.15, -0.1) is 0 Å². The molecule has 0 amide bonds. The second-order valence-corrected chi connectivity index (χ2v) is 6.65. The zero-order valence-corrected chi connectivity index (χ0v) is 15.8. The lowest BCUT2D eigenvalue weighted by molar-refractivity contribution is 0.414. The Morgan fingerprint density at radius 2 is 1.35 bits per heavy atom. The van der Waals surface area contributed by atoms with Crippen LogP contribution >= 0.6 is 15.9 Å². The van der Waals surface area contributed by atoms with Crippen LogP contribution in [-0.2, 0) is 0 Å². The smallest absolute Gasteiger partial charge is 0.119 e. The summed E-state index contributed by atoms with van der Waals surface area (Å²) in [7, 11) is 1.67. The highest BCUT2D eigenvalue weighted by Gasteiger charge is 2.19. The average molecular weight is 405 g/mol. The first-order valence-corrected chi connectivity index (χ1v) is 9.11. The van der Waals surface area contributed by atoms with E-state index in [0.29, 0.717) is 0 Å². The largest absolute Gasteiger partial charge is 0.497 e. The minimum atomic E-state index is 0.824. The lowest BCUT2D eigenvalue weighted by atomic mass is 10.1. The molecule has 1 aromatic heterocycles. The molecule has 0 radical (unpaired) electrons. The van der Waals surface area contributed by atoms with Crippen molar-refractivity contribution < 1.29 is 4.74 Å². The average Bonchev–Trinajstić information content (AvgIpc) is 3.06. The number of methoxy groups -OCH3 is 1. The molecular formula is C22H17BrN2O. The van der Waals surface area contributed by atoms with Gasteiger partial charge in [-0.2, -0.15) is 5.10 Å². The number of ether oxygens (including phenoxy) is 1. The summed E-state index contributed by atoms with van der Waals surface area (Å²) in [5.41, 5.74) is 5.09. The van der Waals surface area contributed by atoms with E-state index in [0.717, 1.165) is 38.4 Å². The predicted octanol–water partition coefficient (Wildman–Crippen LogP) is 5.98. The van der Waals surface area contributed by atoms with E-state index in [1.54, 1.807) is 7.11 Å². The fourth-order valence-corrected chi connectivity index (χ4v) is 3.64. The normalized spacial score (nSPS) is 10.7. The lowest BCUT2D eigenvalue weighted by Gasteiger charge is -2.09. The van der Waals surface area contributed by atoms with Crippen molar-refractivity contribution in [3.05, 3.63) is 89.4 Å². The Bertz CT molecular complexity index is 1010. The number of rotatable bonds is 4. The van der Waals surface area contributed by atoms with Crippen molar-refractivity contribution in [2.75, 3.05) is 7.11 Å². The molecule has 0 aliphatic carbocycles. The first-order valence-electron chi connectivity index (χ1n) is 8.31. The molecule has 0 unspecified atom stereocenters. The van der Waals surface area contributed by atoms with Gasteiger partial charge >= 0.3 is 0 Å². The maximum absolute atomic E-state index is 5.28. The summed E-state index contributed by atoms with van der Waals surface area (Å²) in [6, 6.07) is 28.4. The minimum absolute atomic E-state index is 0.824. The Labute approximate surface area is 161 Å². The van der Waals surface area contributed by atoms with E-state index in [-0.39, 0.29) is 0 Å². The van der Waals surface area contributed by atoms with Crippen LogP contribution in [0.1, 0.15) is 0 Å². The van der Waals surface area contributed by atoms with E-state index >= 15 is 0 Å². The van der Waals surface area contributed by atoms with Crippen LogP contribution in [0, 0.1) is 0 Å². The van der Waals surface area contributed by atoms with E-state index in [4.69, 9.17) is 9.84 Å². The molecule has 0 saturated carbocycles. The molecule has 0 aliphatic rings. The van der Waals surface area contributed by atoms with Gasteiger partial charge in [-0.3, -0.25) is 0 Å². The van der Waals surface area contributed by atoms with Gasteiger partial charge < -0.3 is 4.74 Å². The van der Waals surface area contributed by atoms with Crippen LogP contribution in [0.5, 0.6) is 5.75 Å². The zero-order chi connectivity index (χ0) is 17.9. The summed E-state index contributed by atoms with van der Waals surface area (Å²) in [6.45, 7) is 0. The molecule has 128 valence electrons. The third-order valence-corrected chi connectivity index (χ3v) is 4.99. The molecule has 4 aromatic rings. The second kappa shape index (κ2) is 7.18. The van der Waals surface area contributed by atoms with Crippen LogP contribution in [0.2, 0.25) is 0 Å². The molecule has 26 heavy (non-hydrogen) atoms. The quantitative estimate of drug-likeness (QED) is 0.418. The van der Waals surface area contributed by atoms with Crippen molar-refractivity contribution in [3.63, 3.8) is 0 Å². The summed E-state index contributed by atoms with van der Waals surface area (Å²) < 4.78 is 8.23. The van der Waals surface area contributed by atoms with E-state index in [1.165, 1.54) is 0 Å². The fraction of sp³-hybridized carbons (Fsp3) is 0.0455. The van der Waals surface area contributed by atoms with Gasteiger partial charge in [0.25, 0.3) is 0 Å². The SMILES string of the molecule is COc1ccc(-n2nc(-c3ccccc3)c(Br)c2-c2ccccc2)cc1. The van der Waals surface area contributed by atoms with Gasteiger partial charge in [0.1, 0.15) is 11.4 Å². The molecule has 0 atom stereocenters. The Morgan fingerprint density at radius 3 is 1.92 bits per heavy atom. The van der Waals surface area contributed by atoms with Crippen molar-refractivity contribution in [1.29, 1.82) is 0 Å². The maximum Gasteiger partial charge on any atom is 0.119 e. The molecule has 0 bridgehead atoms. The first-order chi connectivity index (χ1) is 12.8. The number of hydrogen-bond acceptors (Lipinski definition) is 2. The Hall–Kier alpha value is -2.85. The molecule has 4 rings (SSSR count). The summed E-state index contributed by atoms with van der Waals surface area (Å²) in [4.78, 5) is 0. The Balaban J connectivity index is 1.94. The van der Waals surface area contributed by atoms with Crippen molar-refractivity contribution in [2.24, 2.45) is 0 Å². The van der Waals surface area contributed by atoms with Crippen LogP contribution in [0.15, 0.2) is 89.4 Å². The minimum Gasteiger partial charge on any atom is -0.497 e. The molecule has 3 aromatic carbocycles. The van der Waals surface area contributed by atoms with Gasteiger partial charge in [-0.05, 0) is 40.2 Å². The third kappa shape index (κ3) is 3.04. The fourth-order valence-electron chi connectivity index (χ4n) is 2.93. The highest BCUT2D eigenvalue weighted by molar-refractivity contribution is 9.10. The number of aromatic nitrogens is 2. The van der Waals surface area contributed by atoms with Crippen LogP contribution in [-0.4, -0.2) is 16.9 Å². The van der Waals surface area contributed by atoms with Gasteiger partial charge in [0.05, 0.1) is 23.0 Å². The number of benzene rings is 3. The summed E-state index contributed by atoms with van der Waals surface area (Å²) in [6.07, 6.45) is 0. The Kier molecular flexibility index (Phi) is 4.59. The second-order valence-electron chi connectivity index (χ2n) is 5.85. The van der Waals surface area contributed by atoms with E-state index < -0.39 is 0 Å². The van der Waals surface area contributed by atoms with Crippen LogP contribution in [0.25, 0.3) is 28.2 Å². The standard InChI is InChI=1S/C22H17BrN2O/c1-26-19-14-12-18(13-15-19)25-22(17-10-6-3-7-11-17)20(23)21(24-25)16-8-4-2-5-9-16/h2-15H,1H3. The van der Waals surface area contributed by atoms with E-state index in [9.17, 15) is 0 Å². The molecule has 0 fully saturated rings. The van der Waals surface area contributed by atoms with Crippen LogP contribution in [0.3, 0.4) is 0 Å². The van der Waals surface area contributed by atoms with Crippen molar-refractivity contribution >= 4 is 15.9 Å². The monoisotopic (exact) mass is 404 g/mol. The maximum atomic E-state index is 5.28. The lowest BCUT2D eigenvalue weighted by Crippen LogP contribution is -1.99. The highest BCUT2D eigenvalue weighted by Crippen LogP contribution is 2.38. The van der Waals surface area contributed by atoms with Gasteiger partial charge in [0.15, 0.2) is 0 Å². The van der Waals surface area contributed by atoms with Crippen LogP contribution < -0.4 is 4.74 Å². The van der Waals surface area contributed by atoms with Gasteiger partial charge in [0.2, 0.25) is 0 Å². The first kappa shape index (κ1) is 16.6. The van der Waals surface area contributed by atoms with Gasteiger partial charge in [-0.1, -0.05) is 60.7 Å². The van der Waals surface area contributed by atoms with Gasteiger partial charge in [-0.25, -0.2) is 4.68 Å². The van der Waals surface area contributed by atoms with Gasteiger partial charge in [0, 0.05) is 11.1 Å². The Morgan fingerprint density at radius 1 is 0.769 bits per heavy atom. The third-order valence-electron chi connectivity index (χ3n) is 4.24. The molecule has 0 aliphatic heterocycles. The number of halogens is 1. The molecule has 0 spiro atoms. The molecular weight excluding hydrogens is 388 g/mol. The van der Waals surface area contributed by atoms with E-state index in [1.807, 2.05) is 65.3 Å². The molecule has 0 N–H and O–H groups in total. The molecule has 4 heteroatoms. The zero-order valence-electron chi connectivity index (χ0n) is 14.3. The van der Waals surface area contributed by atoms with Crippen molar-refractivity contribution in [3.8, 4) is 34.0 Å². The summed E-state index contributed by atoms with van der Waals surface area (Å²) in [5.74, 6) is 0.824. The van der Waals surface area contributed by atoms with Crippen molar-refractivity contribution in [2.45, 2.75) is 0 Å². The van der Waals surface area contributed by atoms with Crippen molar-refractivity contribution in [1.82, 2.24) is 9.78 Å². The highest BCUT2D eigenvalue weighted by atomic mass is 79.9. The van der Waals surface area contributed by atoms with E-state index in [2.05, 4.69) is 40.2 Å². The molecule has 3 nitrogen and oxygen atoms in total. The molecule has 1 heterocycles. The topological polar surface area (TPSA) is 27.1 Å². The molecule has 0 saturated heterocycles. The predicted molar refractivity (Wildman–Crippen MR) is 109 cm³/mol.